The molecule has 0 bridgehead atoms. The Balaban J connectivity index is 2.27. The monoisotopic (exact) mass is 470 g/mol. The topological polar surface area (TPSA) is 147 Å². The van der Waals surface area contributed by atoms with Crippen molar-refractivity contribution in [3.05, 3.63) is 23.9 Å². The van der Waals surface area contributed by atoms with Gasteiger partial charge in [-0.25, -0.2) is 23.6 Å². The van der Waals surface area contributed by atoms with Crippen LogP contribution in [0.4, 0.5) is 5.13 Å². The Morgan fingerprint density at radius 3 is 2.61 bits per heavy atom. The first kappa shape index (κ1) is 24.7. The summed E-state index contributed by atoms with van der Waals surface area (Å²) in [5.41, 5.74) is 2.77. The third-order valence-electron chi connectivity index (χ3n) is 4.23. The van der Waals surface area contributed by atoms with E-state index in [0.29, 0.717) is 22.8 Å². The van der Waals surface area contributed by atoms with E-state index < -0.39 is 15.9 Å². The fourth-order valence-corrected chi connectivity index (χ4v) is 4.99. The second-order valence-corrected chi connectivity index (χ2v) is 9.37. The highest BCUT2D eigenvalue weighted by Gasteiger charge is 2.22. The van der Waals surface area contributed by atoms with Crippen molar-refractivity contribution < 1.29 is 28.0 Å². The lowest BCUT2D eigenvalue weighted by atomic mass is 10.1. The first-order chi connectivity index (χ1) is 14.7. The van der Waals surface area contributed by atoms with Crippen molar-refractivity contribution in [2.75, 3.05) is 19.0 Å². The van der Waals surface area contributed by atoms with Gasteiger partial charge in [0.1, 0.15) is 10.6 Å². The van der Waals surface area contributed by atoms with E-state index in [0.717, 1.165) is 11.3 Å². The maximum atomic E-state index is 12.8. The summed E-state index contributed by atoms with van der Waals surface area (Å²) in [6, 6.07) is 4.76. The van der Waals surface area contributed by atoms with E-state index in [-0.39, 0.29) is 35.9 Å². The lowest BCUT2D eigenvalue weighted by Gasteiger charge is -2.12. The van der Waals surface area contributed by atoms with Gasteiger partial charge in [0.2, 0.25) is 21.8 Å². The Morgan fingerprint density at radius 1 is 1.23 bits per heavy atom. The number of amides is 2. The molecule has 0 unspecified atom stereocenters. The molecule has 4 N–H and O–H groups in total. The number of benzene rings is 1. The average molecular weight is 471 g/mol. The van der Waals surface area contributed by atoms with E-state index >= 15 is 0 Å². The minimum Gasteiger partial charge on any atom is -0.495 e. The molecule has 0 fully saturated rings. The van der Waals surface area contributed by atoms with Crippen molar-refractivity contribution in [2.45, 2.75) is 44.4 Å². The van der Waals surface area contributed by atoms with E-state index in [1.807, 2.05) is 6.92 Å². The number of hydrogen-bond donors (Lipinski definition) is 4. The maximum absolute atomic E-state index is 12.8. The van der Waals surface area contributed by atoms with Crippen LogP contribution in [0.5, 0.6) is 5.75 Å². The number of hydrogen-bond acceptors (Lipinski definition) is 8. The molecule has 0 aliphatic carbocycles. The van der Waals surface area contributed by atoms with Gasteiger partial charge >= 0.3 is 0 Å². The Bertz CT molecular complexity index is 1040. The highest BCUT2D eigenvalue weighted by Crippen LogP contribution is 2.36. The summed E-state index contributed by atoms with van der Waals surface area (Å²) >= 11 is 1.26. The van der Waals surface area contributed by atoms with Gasteiger partial charge in [0.25, 0.3) is 0 Å². The number of aromatic nitrogens is 1. The van der Waals surface area contributed by atoms with Crippen LogP contribution in [0.1, 0.15) is 38.3 Å². The number of nitrogens with one attached hydrogen (secondary N) is 3. The second-order valence-electron chi connectivity index (χ2n) is 6.63. The van der Waals surface area contributed by atoms with Crippen molar-refractivity contribution in [2.24, 2.45) is 0 Å². The lowest BCUT2D eigenvalue weighted by molar-refractivity contribution is -0.129. The first-order valence-corrected chi connectivity index (χ1v) is 11.9. The van der Waals surface area contributed by atoms with Gasteiger partial charge in [0.05, 0.1) is 17.7 Å². The maximum Gasteiger partial charge on any atom is 0.244 e. The Hall–Kier alpha value is -2.54. The summed E-state index contributed by atoms with van der Waals surface area (Å²) in [7, 11) is -2.55. The number of nitrogens with zero attached hydrogens (tertiary/aromatic N) is 1. The van der Waals surface area contributed by atoms with E-state index in [1.54, 1.807) is 19.1 Å². The number of aryl methyl sites for hydroxylation is 1. The predicted molar refractivity (Wildman–Crippen MR) is 117 cm³/mol. The molecule has 0 aliphatic heterocycles. The lowest BCUT2D eigenvalue weighted by Crippen LogP contribution is -2.27. The zero-order valence-corrected chi connectivity index (χ0v) is 19.2. The van der Waals surface area contributed by atoms with Gasteiger partial charge < -0.3 is 10.1 Å². The molecule has 1 aromatic carbocycles. The quantitative estimate of drug-likeness (QED) is 0.224. The predicted octanol–water partition coefficient (Wildman–Crippen LogP) is 2.43. The molecule has 0 radical (unpaired) electrons. The third-order valence-corrected chi connectivity index (χ3v) is 6.84. The largest absolute Gasteiger partial charge is 0.495 e. The molecular formula is C19H26N4O6S2. The van der Waals surface area contributed by atoms with Crippen LogP contribution in [-0.2, 0) is 19.6 Å². The summed E-state index contributed by atoms with van der Waals surface area (Å²) < 4.78 is 33.3. The van der Waals surface area contributed by atoms with Crippen LogP contribution < -0.4 is 20.3 Å². The number of carbonyl (C=O) groups is 2. The fourth-order valence-electron chi connectivity index (χ4n) is 2.74. The van der Waals surface area contributed by atoms with Crippen LogP contribution in [0.25, 0.3) is 10.4 Å². The van der Waals surface area contributed by atoms with Crippen LogP contribution in [0.3, 0.4) is 0 Å². The molecule has 0 atom stereocenters. The van der Waals surface area contributed by atoms with Crippen LogP contribution >= 0.6 is 11.3 Å². The number of carbonyl (C=O) groups excluding carboxylic acids is 2. The van der Waals surface area contributed by atoms with Crippen LogP contribution in [0, 0.1) is 6.92 Å². The fraction of sp³-hybridized carbons (Fsp3) is 0.421. The molecule has 2 rings (SSSR count). The number of rotatable bonds is 11. The third kappa shape index (κ3) is 6.72. The van der Waals surface area contributed by atoms with Crippen molar-refractivity contribution >= 4 is 38.3 Å². The summed E-state index contributed by atoms with van der Waals surface area (Å²) in [4.78, 5) is 27.9. The van der Waals surface area contributed by atoms with Crippen molar-refractivity contribution in [3.63, 3.8) is 0 Å². The SMILES string of the molecule is CCCC(=O)Nc1nc(C)c(-c2ccc(OC)c(S(=O)(=O)NCCCC(=O)NO)c2)s1. The van der Waals surface area contributed by atoms with Gasteiger partial charge in [0, 0.05) is 19.4 Å². The number of hydroxylamine groups is 1. The molecule has 2 aromatic rings. The standard InChI is InChI=1S/C19H26N4O6S2/c1-4-6-16(24)22-19-21-12(2)18(30-19)13-8-9-14(29-3)15(11-13)31(27,28)20-10-5-7-17(25)23-26/h8-9,11,20,26H,4-7,10H2,1-3H3,(H,23,25)(H,21,22,24). The molecule has 2 amide bonds. The van der Waals surface area contributed by atoms with Crippen LogP contribution in [-0.4, -0.2) is 44.1 Å². The number of sulfonamides is 1. The van der Waals surface area contributed by atoms with E-state index in [2.05, 4.69) is 15.0 Å². The van der Waals surface area contributed by atoms with Crippen LogP contribution in [0.15, 0.2) is 23.1 Å². The van der Waals surface area contributed by atoms with Crippen LogP contribution in [0.2, 0.25) is 0 Å². The van der Waals surface area contributed by atoms with Gasteiger partial charge in [-0.2, -0.15) is 0 Å². The average Bonchev–Trinajstić information content (AvgIpc) is 3.10. The molecule has 12 heteroatoms. The van der Waals surface area contributed by atoms with E-state index in [1.165, 1.54) is 30.0 Å². The Labute approximate surface area is 185 Å². The zero-order valence-electron chi connectivity index (χ0n) is 17.5. The molecule has 31 heavy (non-hydrogen) atoms. The minimum absolute atomic E-state index is 0.0102. The normalized spacial score (nSPS) is 11.2. The molecule has 170 valence electrons. The summed E-state index contributed by atoms with van der Waals surface area (Å²) in [6.07, 6.45) is 1.30. The van der Waals surface area contributed by atoms with E-state index in [4.69, 9.17) is 9.94 Å². The molecular weight excluding hydrogens is 444 g/mol. The van der Waals surface area contributed by atoms with Crippen molar-refractivity contribution in [3.8, 4) is 16.2 Å². The first-order valence-electron chi connectivity index (χ1n) is 9.60. The molecule has 0 aliphatic rings. The summed E-state index contributed by atoms with van der Waals surface area (Å²) in [5.74, 6) is -0.552. The van der Waals surface area contributed by atoms with Gasteiger partial charge in [-0.05, 0) is 43.5 Å². The molecule has 0 saturated carbocycles. The van der Waals surface area contributed by atoms with Gasteiger partial charge in [-0.15, -0.1) is 0 Å². The summed E-state index contributed by atoms with van der Waals surface area (Å²) in [6.45, 7) is 3.70. The number of methoxy groups -OCH3 is 1. The highest BCUT2D eigenvalue weighted by atomic mass is 32.2. The van der Waals surface area contributed by atoms with Crippen molar-refractivity contribution in [1.29, 1.82) is 0 Å². The molecule has 10 nitrogen and oxygen atoms in total. The number of anilines is 1. The molecule has 0 saturated heterocycles. The smallest absolute Gasteiger partial charge is 0.244 e. The second kappa shape index (κ2) is 11.2. The molecule has 0 spiro atoms. The Morgan fingerprint density at radius 2 is 1.97 bits per heavy atom. The number of ether oxygens (including phenoxy) is 1. The Kier molecular flexibility index (Phi) is 8.92. The van der Waals surface area contributed by atoms with Gasteiger partial charge in [-0.3, -0.25) is 14.8 Å². The minimum atomic E-state index is -3.93. The molecule has 1 heterocycles. The summed E-state index contributed by atoms with van der Waals surface area (Å²) in [5, 5.41) is 11.7. The zero-order chi connectivity index (χ0) is 23.0. The number of thiazole rings is 1. The van der Waals surface area contributed by atoms with E-state index in [9.17, 15) is 18.0 Å². The highest BCUT2D eigenvalue weighted by molar-refractivity contribution is 7.89. The van der Waals surface area contributed by atoms with Gasteiger partial charge in [0.15, 0.2) is 5.13 Å². The van der Waals surface area contributed by atoms with Crippen molar-refractivity contribution in [1.82, 2.24) is 15.2 Å². The molecule has 1 aromatic heterocycles. The van der Waals surface area contributed by atoms with Gasteiger partial charge in [-0.1, -0.05) is 18.3 Å².